The first kappa shape index (κ1) is 17.0. The lowest BCUT2D eigenvalue weighted by atomic mass is 10.1. The molecular formula is C17H18ClN5O2. The maximum Gasteiger partial charge on any atom is 0.242 e. The Labute approximate surface area is 150 Å². The molecule has 0 atom stereocenters. The molecule has 0 amide bonds. The monoisotopic (exact) mass is 359 g/mol. The van der Waals surface area contributed by atoms with Crippen LogP contribution in [-0.4, -0.2) is 27.3 Å². The summed E-state index contributed by atoms with van der Waals surface area (Å²) < 4.78 is 13.0. The number of benzene rings is 2. The Bertz CT molecular complexity index is 853. The zero-order chi connectivity index (χ0) is 17.6. The number of aryl methyl sites for hydroxylation is 1. The van der Waals surface area contributed by atoms with Crippen molar-refractivity contribution in [3.8, 4) is 11.5 Å². The molecule has 0 saturated heterocycles. The smallest absolute Gasteiger partial charge is 0.242 e. The van der Waals surface area contributed by atoms with Crippen LogP contribution in [0.1, 0.15) is 11.1 Å². The van der Waals surface area contributed by atoms with E-state index in [-0.39, 0.29) is 0 Å². The van der Waals surface area contributed by atoms with Crippen LogP contribution in [-0.2, 0) is 20.2 Å². The second-order valence-corrected chi connectivity index (χ2v) is 5.78. The molecule has 7 nitrogen and oxygen atoms in total. The highest BCUT2D eigenvalue weighted by Gasteiger charge is 2.12. The summed E-state index contributed by atoms with van der Waals surface area (Å²) >= 11 is 6.03. The summed E-state index contributed by atoms with van der Waals surface area (Å²) in [5.41, 5.74) is 1.92. The van der Waals surface area contributed by atoms with Crippen molar-refractivity contribution in [3.63, 3.8) is 0 Å². The maximum absolute atomic E-state index is 6.03. The molecule has 25 heavy (non-hydrogen) atoms. The molecule has 0 spiro atoms. The number of para-hydroxylation sites is 1. The van der Waals surface area contributed by atoms with Gasteiger partial charge in [-0.15, -0.1) is 0 Å². The van der Waals surface area contributed by atoms with Crippen molar-refractivity contribution in [2.75, 3.05) is 12.4 Å². The summed E-state index contributed by atoms with van der Waals surface area (Å²) in [7, 11) is 3.38. The number of tetrazole rings is 1. The Morgan fingerprint density at radius 3 is 2.76 bits per heavy atom. The van der Waals surface area contributed by atoms with E-state index in [9.17, 15) is 0 Å². The van der Waals surface area contributed by atoms with Crippen LogP contribution in [0.15, 0.2) is 42.5 Å². The number of aromatic nitrogens is 4. The molecule has 3 aromatic rings. The van der Waals surface area contributed by atoms with Crippen molar-refractivity contribution in [2.45, 2.75) is 13.2 Å². The molecule has 0 radical (unpaired) electrons. The minimum absolute atomic E-state index is 0.388. The molecule has 1 aromatic heterocycles. The molecular weight excluding hydrogens is 342 g/mol. The summed E-state index contributed by atoms with van der Waals surface area (Å²) in [6.45, 7) is 0.885. The highest BCUT2D eigenvalue weighted by molar-refractivity contribution is 6.30. The molecule has 0 saturated carbocycles. The van der Waals surface area contributed by atoms with Crippen LogP contribution in [0, 0.1) is 0 Å². The Hall–Kier alpha value is -2.80. The van der Waals surface area contributed by atoms with Crippen molar-refractivity contribution in [1.29, 1.82) is 0 Å². The molecule has 0 bridgehead atoms. The van der Waals surface area contributed by atoms with E-state index in [0.717, 1.165) is 11.1 Å². The second-order valence-electron chi connectivity index (χ2n) is 5.35. The first-order chi connectivity index (χ1) is 12.2. The van der Waals surface area contributed by atoms with Gasteiger partial charge >= 0.3 is 0 Å². The fourth-order valence-electron chi connectivity index (χ4n) is 2.36. The van der Waals surface area contributed by atoms with Crippen LogP contribution in [0.4, 0.5) is 5.95 Å². The fourth-order valence-corrected chi connectivity index (χ4v) is 2.57. The highest BCUT2D eigenvalue weighted by atomic mass is 35.5. The third kappa shape index (κ3) is 4.19. The predicted molar refractivity (Wildman–Crippen MR) is 94.9 cm³/mol. The molecule has 8 heteroatoms. The van der Waals surface area contributed by atoms with Gasteiger partial charge in [-0.25, -0.2) is 4.68 Å². The predicted octanol–water partition coefficient (Wildman–Crippen LogP) is 3.06. The Kier molecular flexibility index (Phi) is 5.35. The van der Waals surface area contributed by atoms with Gasteiger partial charge in [-0.05, 0) is 34.2 Å². The largest absolute Gasteiger partial charge is 0.493 e. The summed E-state index contributed by atoms with van der Waals surface area (Å²) in [6, 6.07) is 13.3. The number of nitrogens with one attached hydrogen (secondary N) is 1. The van der Waals surface area contributed by atoms with Crippen molar-refractivity contribution in [2.24, 2.45) is 7.05 Å². The van der Waals surface area contributed by atoms with E-state index in [1.165, 1.54) is 0 Å². The van der Waals surface area contributed by atoms with E-state index in [1.807, 2.05) is 42.5 Å². The van der Waals surface area contributed by atoms with Gasteiger partial charge in [0.05, 0.1) is 7.11 Å². The van der Waals surface area contributed by atoms with Gasteiger partial charge in [0.15, 0.2) is 11.5 Å². The van der Waals surface area contributed by atoms with E-state index in [4.69, 9.17) is 21.1 Å². The third-order valence-electron chi connectivity index (χ3n) is 3.61. The average Bonchev–Trinajstić information content (AvgIpc) is 3.03. The Morgan fingerprint density at radius 1 is 1.20 bits per heavy atom. The average molecular weight is 360 g/mol. The van der Waals surface area contributed by atoms with E-state index in [0.29, 0.717) is 35.6 Å². The van der Waals surface area contributed by atoms with Gasteiger partial charge in [0.25, 0.3) is 0 Å². The first-order valence-electron chi connectivity index (χ1n) is 7.66. The van der Waals surface area contributed by atoms with E-state index in [1.54, 1.807) is 18.8 Å². The topological polar surface area (TPSA) is 74.1 Å². The van der Waals surface area contributed by atoms with Crippen molar-refractivity contribution in [3.05, 3.63) is 58.6 Å². The zero-order valence-electron chi connectivity index (χ0n) is 13.9. The third-order valence-corrected chi connectivity index (χ3v) is 3.84. The van der Waals surface area contributed by atoms with Crippen LogP contribution in [0.25, 0.3) is 0 Å². The Morgan fingerprint density at radius 2 is 2.04 bits per heavy atom. The molecule has 0 aliphatic carbocycles. The number of hydrogen-bond acceptors (Lipinski definition) is 6. The van der Waals surface area contributed by atoms with Crippen molar-refractivity contribution < 1.29 is 9.47 Å². The summed E-state index contributed by atoms with van der Waals surface area (Å²) in [5, 5.41) is 15.2. The molecule has 2 aromatic carbocycles. The van der Waals surface area contributed by atoms with E-state index >= 15 is 0 Å². The van der Waals surface area contributed by atoms with Crippen LogP contribution in [0.3, 0.4) is 0 Å². The van der Waals surface area contributed by atoms with Crippen LogP contribution >= 0.6 is 11.6 Å². The van der Waals surface area contributed by atoms with Gasteiger partial charge in [-0.3, -0.25) is 0 Å². The molecule has 1 N–H and O–H groups in total. The molecule has 0 aliphatic heterocycles. The van der Waals surface area contributed by atoms with Gasteiger partial charge in [0.1, 0.15) is 6.61 Å². The lowest BCUT2D eigenvalue weighted by Gasteiger charge is -2.15. The molecule has 3 rings (SSSR count). The Balaban J connectivity index is 1.77. The summed E-state index contributed by atoms with van der Waals surface area (Å²) in [4.78, 5) is 0. The lowest BCUT2D eigenvalue weighted by Crippen LogP contribution is -2.08. The molecule has 0 aliphatic rings. The molecule has 1 heterocycles. The van der Waals surface area contributed by atoms with Crippen molar-refractivity contribution in [1.82, 2.24) is 20.2 Å². The van der Waals surface area contributed by atoms with Crippen LogP contribution in [0.2, 0.25) is 5.02 Å². The number of ether oxygens (including phenoxy) is 2. The molecule has 0 unspecified atom stereocenters. The first-order valence-corrected chi connectivity index (χ1v) is 8.04. The quantitative estimate of drug-likeness (QED) is 0.698. The minimum atomic E-state index is 0.388. The molecule has 130 valence electrons. The van der Waals surface area contributed by atoms with E-state index in [2.05, 4.69) is 20.8 Å². The number of nitrogens with zero attached hydrogens (tertiary/aromatic N) is 4. The van der Waals surface area contributed by atoms with Crippen LogP contribution in [0.5, 0.6) is 11.5 Å². The van der Waals surface area contributed by atoms with Gasteiger partial charge in [-0.1, -0.05) is 41.0 Å². The van der Waals surface area contributed by atoms with Crippen LogP contribution < -0.4 is 14.8 Å². The van der Waals surface area contributed by atoms with Crippen molar-refractivity contribution >= 4 is 17.5 Å². The summed E-state index contributed by atoms with van der Waals surface area (Å²) in [5.74, 6) is 1.91. The SMILES string of the molecule is COc1cccc(CNc2nnnn2C)c1OCc1cccc(Cl)c1. The number of anilines is 1. The zero-order valence-corrected chi connectivity index (χ0v) is 14.7. The number of methoxy groups -OCH3 is 1. The second kappa shape index (κ2) is 7.85. The van der Waals surface area contributed by atoms with Gasteiger partial charge < -0.3 is 14.8 Å². The number of rotatable bonds is 7. The van der Waals surface area contributed by atoms with Gasteiger partial charge in [0.2, 0.25) is 5.95 Å². The fraction of sp³-hybridized carbons (Fsp3) is 0.235. The normalized spacial score (nSPS) is 10.5. The highest BCUT2D eigenvalue weighted by Crippen LogP contribution is 2.32. The standard InChI is InChI=1S/C17H18ClN5O2/c1-23-17(20-21-22-23)19-10-13-6-4-8-15(24-2)16(13)25-11-12-5-3-7-14(18)9-12/h3-9H,10-11H2,1-2H3,(H,19,20,22). The van der Waals surface area contributed by atoms with Gasteiger partial charge in [-0.2, -0.15) is 0 Å². The summed E-state index contributed by atoms with van der Waals surface area (Å²) in [6.07, 6.45) is 0. The number of halogens is 1. The maximum atomic E-state index is 6.03. The lowest BCUT2D eigenvalue weighted by molar-refractivity contribution is 0.281. The number of hydrogen-bond donors (Lipinski definition) is 1. The minimum Gasteiger partial charge on any atom is -0.493 e. The van der Waals surface area contributed by atoms with Gasteiger partial charge in [0, 0.05) is 24.2 Å². The van der Waals surface area contributed by atoms with E-state index < -0.39 is 0 Å². The molecule has 0 fully saturated rings.